The number of rotatable bonds is 4. The molecule has 0 unspecified atom stereocenters. The number of sulfonamides is 1. The van der Waals surface area contributed by atoms with Crippen LogP contribution in [0, 0.1) is 5.92 Å². The molecule has 0 aromatic rings. The lowest BCUT2D eigenvalue weighted by Crippen LogP contribution is -2.46. The second kappa shape index (κ2) is 6.19. The van der Waals surface area contributed by atoms with Gasteiger partial charge >= 0.3 is 0 Å². The highest BCUT2D eigenvalue weighted by molar-refractivity contribution is 7.88. The van der Waals surface area contributed by atoms with E-state index in [0.717, 1.165) is 32.3 Å². The standard InChI is InChI=1S/C12H22N2O4S/c1-19(16,17)14-6-2-4-10(9-14)12(15)13-8-11-5-3-7-18-11/h10-11H,2-9H2,1H3,(H,13,15)/t10-,11-/m0/s1. The van der Waals surface area contributed by atoms with Crippen LogP contribution in [0.25, 0.3) is 0 Å². The third-order valence-electron chi connectivity index (χ3n) is 3.75. The molecule has 0 saturated carbocycles. The Kier molecular flexibility index (Phi) is 4.81. The van der Waals surface area contributed by atoms with Gasteiger partial charge in [-0.15, -0.1) is 0 Å². The second-order valence-corrected chi connectivity index (χ2v) is 7.32. The largest absolute Gasteiger partial charge is 0.376 e. The van der Waals surface area contributed by atoms with Crippen molar-refractivity contribution in [2.75, 3.05) is 32.5 Å². The molecule has 0 spiro atoms. The van der Waals surface area contributed by atoms with Crippen molar-refractivity contribution in [3.8, 4) is 0 Å². The fourth-order valence-corrected chi connectivity index (χ4v) is 3.53. The zero-order chi connectivity index (χ0) is 13.9. The molecule has 110 valence electrons. The van der Waals surface area contributed by atoms with Gasteiger partial charge in [-0.25, -0.2) is 12.7 Å². The zero-order valence-corrected chi connectivity index (χ0v) is 12.1. The summed E-state index contributed by atoms with van der Waals surface area (Å²) in [6, 6.07) is 0. The summed E-state index contributed by atoms with van der Waals surface area (Å²) in [7, 11) is -3.19. The van der Waals surface area contributed by atoms with Crippen molar-refractivity contribution in [3.05, 3.63) is 0 Å². The molecule has 2 rings (SSSR count). The number of nitrogens with one attached hydrogen (secondary N) is 1. The lowest BCUT2D eigenvalue weighted by molar-refractivity contribution is -0.126. The SMILES string of the molecule is CS(=O)(=O)N1CCC[C@H](C(=O)NC[C@@H]2CCCO2)C1. The summed E-state index contributed by atoms with van der Waals surface area (Å²) in [4.78, 5) is 12.0. The maximum atomic E-state index is 12.0. The van der Waals surface area contributed by atoms with Gasteiger partial charge in [0.1, 0.15) is 0 Å². The maximum Gasteiger partial charge on any atom is 0.224 e. The highest BCUT2D eigenvalue weighted by Crippen LogP contribution is 2.19. The molecule has 2 heterocycles. The van der Waals surface area contributed by atoms with Gasteiger partial charge in [-0.3, -0.25) is 4.79 Å². The smallest absolute Gasteiger partial charge is 0.224 e. The fourth-order valence-electron chi connectivity index (χ4n) is 2.62. The Morgan fingerprint density at radius 1 is 1.37 bits per heavy atom. The quantitative estimate of drug-likeness (QED) is 0.788. The summed E-state index contributed by atoms with van der Waals surface area (Å²) in [5.74, 6) is -0.284. The molecule has 2 aliphatic rings. The molecule has 0 aliphatic carbocycles. The van der Waals surface area contributed by atoms with Crippen LogP contribution in [0.5, 0.6) is 0 Å². The first-order valence-corrected chi connectivity index (χ1v) is 8.66. The maximum absolute atomic E-state index is 12.0. The van der Waals surface area contributed by atoms with E-state index in [4.69, 9.17) is 4.74 Å². The molecule has 2 aliphatic heterocycles. The predicted octanol–water partition coefficient (Wildman–Crippen LogP) is -0.0468. The van der Waals surface area contributed by atoms with Crippen molar-refractivity contribution in [1.29, 1.82) is 0 Å². The molecule has 1 amide bonds. The van der Waals surface area contributed by atoms with Crippen LogP contribution < -0.4 is 5.32 Å². The van der Waals surface area contributed by atoms with E-state index >= 15 is 0 Å². The molecular formula is C12H22N2O4S. The van der Waals surface area contributed by atoms with Crippen LogP contribution in [0.4, 0.5) is 0 Å². The highest BCUT2D eigenvalue weighted by Gasteiger charge is 2.30. The van der Waals surface area contributed by atoms with E-state index in [9.17, 15) is 13.2 Å². The van der Waals surface area contributed by atoms with Crippen molar-refractivity contribution >= 4 is 15.9 Å². The van der Waals surface area contributed by atoms with Crippen LogP contribution in [0.3, 0.4) is 0 Å². The summed E-state index contributed by atoms with van der Waals surface area (Å²) >= 11 is 0. The van der Waals surface area contributed by atoms with Crippen LogP contribution in [0.2, 0.25) is 0 Å². The van der Waals surface area contributed by atoms with Gasteiger partial charge < -0.3 is 10.1 Å². The molecule has 7 heteroatoms. The molecule has 0 bridgehead atoms. The Labute approximate surface area is 114 Å². The van der Waals surface area contributed by atoms with E-state index in [0.29, 0.717) is 19.6 Å². The molecule has 2 atom stereocenters. The lowest BCUT2D eigenvalue weighted by Gasteiger charge is -2.30. The number of hydrogen-bond donors (Lipinski definition) is 1. The van der Waals surface area contributed by atoms with E-state index in [-0.39, 0.29) is 17.9 Å². The third kappa shape index (κ3) is 4.15. The van der Waals surface area contributed by atoms with E-state index in [1.165, 1.54) is 10.6 Å². The first-order chi connectivity index (χ1) is 8.97. The van der Waals surface area contributed by atoms with Crippen molar-refractivity contribution in [3.63, 3.8) is 0 Å². The molecule has 0 aromatic carbocycles. The molecule has 6 nitrogen and oxygen atoms in total. The van der Waals surface area contributed by atoms with Crippen LogP contribution in [0.1, 0.15) is 25.7 Å². The predicted molar refractivity (Wildman–Crippen MR) is 71.1 cm³/mol. The number of amides is 1. The first-order valence-electron chi connectivity index (χ1n) is 6.81. The Morgan fingerprint density at radius 2 is 2.16 bits per heavy atom. The first kappa shape index (κ1) is 14.7. The molecule has 0 radical (unpaired) electrons. The summed E-state index contributed by atoms with van der Waals surface area (Å²) in [5, 5.41) is 2.88. The summed E-state index contributed by atoms with van der Waals surface area (Å²) < 4.78 is 29.8. The van der Waals surface area contributed by atoms with Crippen molar-refractivity contribution in [2.45, 2.75) is 31.8 Å². The Bertz CT molecular complexity index is 417. The summed E-state index contributed by atoms with van der Waals surface area (Å²) in [5.41, 5.74) is 0. The minimum atomic E-state index is -3.19. The van der Waals surface area contributed by atoms with E-state index in [2.05, 4.69) is 5.32 Å². The highest BCUT2D eigenvalue weighted by atomic mass is 32.2. The Morgan fingerprint density at radius 3 is 2.79 bits per heavy atom. The average molecular weight is 290 g/mol. The van der Waals surface area contributed by atoms with Gasteiger partial charge in [0, 0.05) is 26.2 Å². The van der Waals surface area contributed by atoms with Gasteiger partial charge in [0.25, 0.3) is 0 Å². The zero-order valence-electron chi connectivity index (χ0n) is 11.3. The van der Waals surface area contributed by atoms with Gasteiger partial charge in [0.2, 0.25) is 15.9 Å². The molecule has 2 saturated heterocycles. The molecule has 1 N–H and O–H groups in total. The number of nitrogens with zero attached hydrogens (tertiary/aromatic N) is 1. The monoisotopic (exact) mass is 290 g/mol. The fraction of sp³-hybridized carbons (Fsp3) is 0.917. The van der Waals surface area contributed by atoms with Crippen LogP contribution in [-0.4, -0.2) is 57.2 Å². The number of piperidine rings is 1. The second-order valence-electron chi connectivity index (χ2n) is 5.34. The average Bonchev–Trinajstić information content (AvgIpc) is 2.88. The normalized spacial score (nSPS) is 29.3. The van der Waals surface area contributed by atoms with Gasteiger partial charge in [-0.05, 0) is 25.7 Å². The van der Waals surface area contributed by atoms with E-state index < -0.39 is 10.0 Å². The number of carbonyl (C=O) groups excluding carboxylic acids is 1. The minimum Gasteiger partial charge on any atom is -0.376 e. The number of carbonyl (C=O) groups is 1. The molecule has 2 fully saturated rings. The molecule has 19 heavy (non-hydrogen) atoms. The Hall–Kier alpha value is -0.660. The van der Waals surface area contributed by atoms with Gasteiger partial charge in [-0.1, -0.05) is 0 Å². The van der Waals surface area contributed by atoms with Gasteiger partial charge in [0.15, 0.2) is 0 Å². The van der Waals surface area contributed by atoms with Crippen molar-refractivity contribution < 1.29 is 17.9 Å². The van der Waals surface area contributed by atoms with E-state index in [1.807, 2.05) is 0 Å². The molecular weight excluding hydrogens is 268 g/mol. The Balaban J connectivity index is 1.81. The van der Waals surface area contributed by atoms with Crippen LogP contribution in [-0.2, 0) is 19.6 Å². The lowest BCUT2D eigenvalue weighted by atomic mass is 9.99. The summed E-state index contributed by atoms with van der Waals surface area (Å²) in [6.45, 7) is 2.13. The summed E-state index contributed by atoms with van der Waals surface area (Å²) in [6.07, 6.45) is 4.85. The molecule has 0 aromatic heterocycles. The number of ether oxygens (including phenoxy) is 1. The van der Waals surface area contributed by atoms with E-state index in [1.54, 1.807) is 0 Å². The van der Waals surface area contributed by atoms with Crippen LogP contribution >= 0.6 is 0 Å². The van der Waals surface area contributed by atoms with Crippen LogP contribution in [0.15, 0.2) is 0 Å². The van der Waals surface area contributed by atoms with Crippen molar-refractivity contribution in [1.82, 2.24) is 9.62 Å². The third-order valence-corrected chi connectivity index (χ3v) is 5.02. The van der Waals surface area contributed by atoms with Crippen molar-refractivity contribution in [2.24, 2.45) is 5.92 Å². The van der Waals surface area contributed by atoms with Gasteiger partial charge in [-0.2, -0.15) is 0 Å². The minimum absolute atomic E-state index is 0.0520. The van der Waals surface area contributed by atoms with Gasteiger partial charge in [0.05, 0.1) is 18.3 Å². The number of hydrogen-bond acceptors (Lipinski definition) is 4. The topological polar surface area (TPSA) is 75.7 Å².